The van der Waals surface area contributed by atoms with E-state index in [0.717, 1.165) is 16.8 Å². The number of imide groups is 1. The van der Waals surface area contributed by atoms with Crippen LogP contribution in [0.15, 0.2) is 42.6 Å². The van der Waals surface area contributed by atoms with Gasteiger partial charge in [0.1, 0.15) is 0 Å². The summed E-state index contributed by atoms with van der Waals surface area (Å²) in [6, 6.07) is 10.6. The van der Waals surface area contributed by atoms with Crippen molar-refractivity contribution in [3.63, 3.8) is 0 Å². The molecule has 23 heavy (non-hydrogen) atoms. The fourth-order valence-electron chi connectivity index (χ4n) is 2.07. The molecule has 0 saturated heterocycles. The van der Waals surface area contributed by atoms with Crippen LogP contribution in [0.25, 0.3) is 11.3 Å². The first-order valence-corrected chi connectivity index (χ1v) is 7.52. The van der Waals surface area contributed by atoms with Gasteiger partial charge in [-0.2, -0.15) is 0 Å². The van der Waals surface area contributed by atoms with Crippen molar-refractivity contribution in [3.8, 4) is 11.3 Å². The average Bonchev–Trinajstić information content (AvgIpc) is 2.54. The Morgan fingerprint density at radius 2 is 1.91 bits per heavy atom. The van der Waals surface area contributed by atoms with Crippen molar-refractivity contribution < 1.29 is 9.59 Å². The Balaban J connectivity index is 2.10. The van der Waals surface area contributed by atoms with Crippen LogP contribution in [-0.4, -0.2) is 22.8 Å². The summed E-state index contributed by atoms with van der Waals surface area (Å²) in [6.07, 6.45) is 1.46. The summed E-state index contributed by atoms with van der Waals surface area (Å²) >= 11 is 0. The van der Waals surface area contributed by atoms with Crippen LogP contribution in [-0.2, 0) is 4.79 Å². The van der Waals surface area contributed by atoms with Crippen LogP contribution in [0.3, 0.4) is 0 Å². The molecule has 1 heterocycles. The zero-order chi connectivity index (χ0) is 17.0. The van der Waals surface area contributed by atoms with Gasteiger partial charge in [-0.05, 0) is 31.0 Å². The smallest absolute Gasteiger partial charge is 0.259 e. The van der Waals surface area contributed by atoms with E-state index in [1.807, 2.05) is 45.0 Å². The number of rotatable bonds is 4. The van der Waals surface area contributed by atoms with Gasteiger partial charge in [0.25, 0.3) is 5.91 Å². The minimum atomic E-state index is -0.710. The maximum atomic E-state index is 12.1. The van der Waals surface area contributed by atoms with Crippen molar-refractivity contribution in [1.82, 2.24) is 10.3 Å². The molecule has 0 fully saturated rings. The molecule has 0 radical (unpaired) electrons. The summed E-state index contributed by atoms with van der Waals surface area (Å²) in [6.45, 7) is 5.66. The summed E-state index contributed by atoms with van der Waals surface area (Å²) in [7, 11) is 0. The summed E-state index contributed by atoms with van der Waals surface area (Å²) in [5.74, 6) is -1.01. The number of nitrogens with one attached hydrogen (secondary N) is 1. The second kappa shape index (κ2) is 7.15. The van der Waals surface area contributed by atoms with E-state index in [4.69, 9.17) is 5.73 Å². The Bertz CT molecular complexity index is 708. The van der Waals surface area contributed by atoms with E-state index in [0.29, 0.717) is 5.56 Å². The maximum Gasteiger partial charge on any atom is 0.259 e. The molecule has 2 aromatic rings. The number of aryl methyl sites for hydroxylation is 1. The van der Waals surface area contributed by atoms with Gasteiger partial charge >= 0.3 is 0 Å². The lowest BCUT2D eigenvalue weighted by Crippen LogP contribution is -2.46. The van der Waals surface area contributed by atoms with E-state index >= 15 is 0 Å². The number of pyridine rings is 1. The Hall–Kier alpha value is -2.53. The molecular formula is C18H21N3O2. The van der Waals surface area contributed by atoms with E-state index in [2.05, 4.69) is 10.3 Å². The molecule has 0 saturated carbocycles. The first kappa shape index (κ1) is 16.8. The average molecular weight is 311 g/mol. The molecule has 2 rings (SSSR count). The lowest BCUT2D eigenvalue weighted by Gasteiger charge is -2.14. The Morgan fingerprint density at radius 3 is 2.48 bits per heavy atom. The van der Waals surface area contributed by atoms with Gasteiger partial charge in [-0.25, -0.2) is 0 Å². The molecule has 0 spiro atoms. The van der Waals surface area contributed by atoms with E-state index in [-0.39, 0.29) is 5.92 Å². The number of aromatic nitrogens is 1. The summed E-state index contributed by atoms with van der Waals surface area (Å²) < 4.78 is 0. The van der Waals surface area contributed by atoms with Gasteiger partial charge in [0.15, 0.2) is 0 Å². The van der Waals surface area contributed by atoms with Crippen molar-refractivity contribution in [2.45, 2.75) is 26.8 Å². The van der Waals surface area contributed by atoms with Crippen molar-refractivity contribution in [1.29, 1.82) is 0 Å². The molecule has 3 N–H and O–H groups in total. The number of benzene rings is 1. The zero-order valence-corrected chi connectivity index (χ0v) is 13.5. The molecule has 0 aliphatic heterocycles. The first-order valence-electron chi connectivity index (χ1n) is 7.52. The quantitative estimate of drug-likeness (QED) is 0.907. The highest BCUT2D eigenvalue weighted by Crippen LogP contribution is 2.18. The SMILES string of the molecule is Cc1cccc(-c2ccc(C(=O)NC(=O)[C@@H](N)C(C)C)cn2)c1. The van der Waals surface area contributed by atoms with Crippen LogP contribution in [0.1, 0.15) is 29.8 Å². The third-order valence-corrected chi connectivity index (χ3v) is 3.60. The van der Waals surface area contributed by atoms with Gasteiger partial charge in [-0.3, -0.25) is 19.9 Å². The standard InChI is InChI=1S/C18H21N3O2/c1-11(2)16(19)18(23)21-17(22)14-7-8-15(20-10-14)13-6-4-5-12(3)9-13/h4-11,16H,19H2,1-3H3,(H,21,22,23)/t16-/m0/s1. The highest BCUT2D eigenvalue weighted by atomic mass is 16.2. The summed E-state index contributed by atoms with van der Waals surface area (Å²) in [5, 5.41) is 2.30. The normalized spacial score (nSPS) is 12.0. The molecule has 2 amide bonds. The number of carbonyl (C=O) groups excluding carboxylic acids is 2. The number of carbonyl (C=O) groups is 2. The van der Waals surface area contributed by atoms with Crippen LogP contribution >= 0.6 is 0 Å². The van der Waals surface area contributed by atoms with Crippen LogP contribution < -0.4 is 11.1 Å². The number of hydrogen-bond acceptors (Lipinski definition) is 4. The fraction of sp³-hybridized carbons (Fsp3) is 0.278. The van der Waals surface area contributed by atoms with Crippen molar-refractivity contribution in [3.05, 3.63) is 53.7 Å². The molecule has 0 bridgehead atoms. The molecule has 0 aliphatic rings. The third-order valence-electron chi connectivity index (χ3n) is 3.60. The van der Waals surface area contributed by atoms with Crippen LogP contribution in [0, 0.1) is 12.8 Å². The van der Waals surface area contributed by atoms with Crippen LogP contribution in [0.2, 0.25) is 0 Å². The van der Waals surface area contributed by atoms with Gasteiger partial charge in [0.2, 0.25) is 5.91 Å². The molecule has 5 nitrogen and oxygen atoms in total. The summed E-state index contributed by atoms with van der Waals surface area (Å²) in [4.78, 5) is 28.2. The number of nitrogens with two attached hydrogens (primary N) is 1. The molecule has 0 aliphatic carbocycles. The van der Waals surface area contributed by atoms with Crippen LogP contribution in [0.4, 0.5) is 0 Å². The topological polar surface area (TPSA) is 85.1 Å². The molecule has 1 aromatic carbocycles. The Morgan fingerprint density at radius 1 is 1.17 bits per heavy atom. The van der Waals surface area contributed by atoms with Crippen molar-refractivity contribution in [2.24, 2.45) is 11.7 Å². The molecule has 5 heteroatoms. The van der Waals surface area contributed by atoms with E-state index in [1.165, 1.54) is 6.20 Å². The number of nitrogens with zero attached hydrogens (tertiary/aromatic N) is 1. The van der Waals surface area contributed by atoms with Crippen molar-refractivity contribution in [2.75, 3.05) is 0 Å². The van der Waals surface area contributed by atoms with Gasteiger partial charge in [-0.15, -0.1) is 0 Å². The fourth-order valence-corrected chi connectivity index (χ4v) is 2.07. The first-order chi connectivity index (χ1) is 10.9. The largest absolute Gasteiger partial charge is 0.320 e. The van der Waals surface area contributed by atoms with Crippen LogP contribution in [0.5, 0.6) is 0 Å². The highest BCUT2D eigenvalue weighted by molar-refractivity contribution is 6.06. The molecular weight excluding hydrogens is 290 g/mol. The lowest BCUT2D eigenvalue weighted by atomic mass is 10.0. The van der Waals surface area contributed by atoms with E-state index in [1.54, 1.807) is 12.1 Å². The Labute approximate surface area is 135 Å². The molecule has 0 unspecified atom stereocenters. The molecule has 1 atom stereocenters. The van der Waals surface area contributed by atoms with Gasteiger partial charge < -0.3 is 5.73 Å². The number of hydrogen-bond donors (Lipinski definition) is 2. The van der Waals surface area contributed by atoms with E-state index < -0.39 is 17.9 Å². The van der Waals surface area contributed by atoms with E-state index in [9.17, 15) is 9.59 Å². The predicted molar refractivity (Wildman–Crippen MR) is 89.7 cm³/mol. The second-order valence-corrected chi connectivity index (χ2v) is 5.89. The van der Waals surface area contributed by atoms with Gasteiger partial charge in [0.05, 0.1) is 17.3 Å². The predicted octanol–water partition coefficient (Wildman–Crippen LogP) is 2.30. The maximum absolute atomic E-state index is 12.1. The summed E-state index contributed by atoms with van der Waals surface area (Å²) in [5.41, 5.74) is 8.94. The highest BCUT2D eigenvalue weighted by Gasteiger charge is 2.20. The third kappa shape index (κ3) is 4.23. The lowest BCUT2D eigenvalue weighted by molar-refractivity contribution is -0.122. The van der Waals surface area contributed by atoms with Crippen molar-refractivity contribution >= 4 is 11.8 Å². The minimum Gasteiger partial charge on any atom is -0.320 e. The molecule has 120 valence electrons. The minimum absolute atomic E-state index is 0.0374. The monoisotopic (exact) mass is 311 g/mol. The second-order valence-electron chi connectivity index (χ2n) is 5.89. The van der Waals surface area contributed by atoms with Gasteiger partial charge in [0, 0.05) is 11.8 Å². The molecule has 1 aromatic heterocycles. The zero-order valence-electron chi connectivity index (χ0n) is 13.5. The van der Waals surface area contributed by atoms with Gasteiger partial charge in [-0.1, -0.05) is 37.6 Å². The number of amides is 2. The Kier molecular flexibility index (Phi) is 5.24.